The Balaban J connectivity index is 3.29. The van der Waals surface area contributed by atoms with Crippen LogP contribution < -0.4 is 5.32 Å². The number of amides is 1. The first-order valence-electron chi connectivity index (χ1n) is 11.3. The second kappa shape index (κ2) is 18.4. The number of hydrogen-bond donors (Lipinski definition) is 2. The Bertz CT molecular complexity index is 467. The summed E-state index contributed by atoms with van der Waals surface area (Å²) in [5.41, 5.74) is 0. The highest BCUT2D eigenvalue weighted by atomic mass is 32.3. The van der Waals surface area contributed by atoms with Crippen molar-refractivity contribution >= 4 is 16.3 Å². The van der Waals surface area contributed by atoms with E-state index in [1.54, 1.807) is 0 Å². The first-order valence-corrected chi connectivity index (χ1v) is 12.6. The molecule has 0 saturated heterocycles. The zero-order chi connectivity index (χ0) is 21.1. The molecule has 0 spiro atoms. The van der Waals surface area contributed by atoms with Gasteiger partial charge in [-0.25, -0.2) is 4.18 Å². The lowest BCUT2D eigenvalue weighted by molar-refractivity contribution is -0.121. The van der Waals surface area contributed by atoms with E-state index in [9.17, 15) is 13.2 Å². The molecule has 28 heavy (non-hydrogen) atoms. The van der Waals surface area contributed by atoms with Crippen LogP contribution in [0.2, 0.25) is 0 Å². The summed E-state index contributed by atoms with van der Waals surface area (Å²) in [5.74, 6) is -0.111. The van der Waals surface area contributed by atoms with Gasteiger partial charge in [-0.2, -0.15) is 8.42 Å². The fourth-order valence-electron chi connectivity index (χ4n) is 3.24. The first-order chi connectivity index (χ1) is 13.3. The summed E-state index contributed by atoms with van der Waals surface area (Å²) >= 11 is 0. The third-order valence-corrected chi connectivity index (χ3v) is 5.45. The van der Waals surface area contributed by atoms with Gasteiger partial charge in [-0.05, 0) is 13.3 Å². The molecule has 0 aliphatic rings. The summed E-state index contributed by atoms with van der Waals surface area (Å²) in [6.45, 7) is 3.80. The summed E-state index contributed by atoms with van der Waals surface area (Å²) in [4.78, 5) is 11.7. The van der Waals surface area contributed by atoms with Crippen LogP contribution in [0.25, 0.3) is 0 Å². The van der Waals surface area contributed by atoms with Crippen LogP contribution in [0.3, 0.4) is 0 Å². The van der Waals surface area contributed by atoms with Crippen LogP contribution in [0.5, 0.6) is 0 Å². The molecule has 7 heteroatoms. The van der Waals surface area contributed by atoms with E-state index in [-0.39, 0.29) is 12.5 Å². The molecule has 0 rings (SSSR count). The largest absolute Gasteiger partial charge is 0.397 e. The molecule has 0 bridgehead atoms. The zero-order valence-corrected chi connectivity index (χ0v) is 18.9. The average Bonchev–Trinajstić information content (AvgIpc) is 2.62. The van der Waals surface area contributed by atoms with Crippen LogP contribution in [0.1, 0.15) is 117 Å². The van der Waals surface area contributed by atoms with Crippen LogP contribution in [0.15, 0.2) is 0 Å². The molecule has 1 atom stereocenters. The number of rotatable bonds is 20. The smallest absolute Gasteiger partial charge is 0.353 e. The molecule has 0 aromatic carbocycles. The van der Waals surface area contributed by atoms with Gasteiger partial charge in [0.15, 0.2) is 0 Å². The fourth-order valence-corrected chi connectivity index (χ4v) is 3.73. The van der Waals surface area contributed by atoms with Crippen molar-refractivity contribution in [3.05, 3.63) is 0 Å². The lowest BCUT2D eigenvalue weighted by Gasteiger charge is -2.11. The Morgan fingerprint density at radius 3 is 1.61 bits per heavy atom. The van der Waals surface area contributed by atoms with E-state index < -0.39 is 16.5 Å². The minimum Gasteiger partial charge on any atom is -0.353 e. The maximum atomic E-state index is 11.7. The Hall–Kier alpha value is -0.660. The quantitative estimate of drug-likeness (QED) is 0.198. The summed E-state index contributed by atoms with van der Waals surface area (Å²) in [6, 6.07) is 0. The van der Waals surface area contributed by atoms with Crippen LogP contribution >= 0.6 is 0 Å². The van der Waals surface area contributed by atoms with E-state index in [0.29, 0.717) is 6.42 Å². The predicted octanol–water partition coefficient (Wildman–Crippen LogP) is 5.57. The molecule has 6 nitrogen and oxygen atoms in total. The van der Waals surface area contributed by atoms with Crippen molar-refractivity contribution in [3.63, 3.8) is 0 Å². The van der Waals surface area contributed by atoms with Gasteiger partial charge >= 0.3 is 10.4 Å². The standard InChI is InChI=1S/C21H43NO5S/c1-3-4-5-6-7-8-9-10-11-12-13-14-15-16-17-18-21(23)22-19-20(2)27-28(24,25)26/h20H,3-19H2,1-2H3,(H,22,23)(H,24,25,26). The van der Waals surface area contributed by atoms with Gasteiger partial charge in [0.25, 0.3) is 0 Å². The molecule has 2 N–H and O–H groups in total. The summed E-state index contributed by atoms with van der Waals surface area (Å²) in [5, 5.41) is 2.62. The lowest BCUT2D eigenvalue weighted by atomic mass is 10.0. The number of hydrogen-bond acceptors (Lipinski definition) is 4. The summed E-state index contributed by atoms with van der Waals surface area (Å²) in [7, 11) is -4.47. The van der Waals surface area contributed by atoms with Crippen molar-refractivity contribution in [2.45, 2.75) is 123 Å². The van der Waals surface area contributed by atoms with Crippen LogP contribution in [-0.4, -0.2) is 31.5 Å². The van der Waals surface area contributed by atoms with E-state index in [0.717, 1.165) is 19.3 Å². The molecule has 0 radical (unpaired) electrons. The monoisotopic (exact) mass is 421 g/mol. The molecule has 0 fully saturated rings. The van der Waals surface area contributed by atoms with Gasteiger partial charge in [-0.1, -0.05) is 96.8 Å². The van der Waals surface area contributed by atoms with E-state index in [1.165, 1.54) is 84.0 Å². The van der Waals surface area contributed by atoms with Crippen molar-refractivity contribution in [2.75, 3.05) is 6.54 Å². The normalized spacial score (nSPS) is 12.8. The predicted molar refractivity (Wildman–Crippen MR) is 115 cm³/mol. The van der Waals surface area contributed by atoms with Gasteiger partial charge in [-0.15, -0.1) is 0 Å². The second-order valence-corrected chi connectivity index (χ2v) is 8.89. The molecular formula is C21H43NO5S. The average molecular weight is 422 g/mol. The molecular weight excluding hydrogens is 378 g/mol. The highest BCUT2D eigenvalue weighted by Gasteiger charge is 2.13. The number of carbonyl (C=O) groups is 1. The van der Waals surface area contributed by atoms with Crippen molar-refractivity contribution in [3.8, 4) is 0 Å². The number of unbranched alkanes of at least 4 members (excludes halogenated alkanes) is 14. The molecule has 0 saturated carbocycles. The Labute approximate surface area is 173 Å². The molecule has 0 heterocycles. The van der Waals surface area contributed by atoms with Crippen molar-refractivity contribution in [1.29, 1.82) is 0 Å². The highest BCUT2D eigenvalue weighted by molar-refractivity contribution is 7.80. The first kappa shape index (κ1) is 27.3. The van der Waals surface area contributed by atoms with Crippen molar-refractivity contribution < 1.29 is 21.9 Å². The summed E-state index contributed by atoms with van der Waals surface area (Å²) in [6.07, 6.45) is 19.0. The van der Waals surface area contributed by atoms with Gasteiger partial charge in [0.05, 0.1) is 6.10 Å². The Kier molecular flexibility index (Phi) is 17.9. The second-order valence-electron chi connectivity index (χ2n) is 7.84. The van der Waals surface area contributed by atoms with Crippen molar-refractivity contribution in [1.82, 2.24) is 5.32 Å². The Morgan fingerprint density at radius 2 is 1.21 bits per heavy atom. The fraction of sp³-hybridized carbons (Fsp3) is 0.952. The number of nitrogens with one attached hydrogen (secondary N) is 1. The maximum Gasteiger partial charge on any atom is 0.397 e. The summed E-state index contributed by atoms with van der Waals surface area (Å²) < 4.78 is 33.9. The molecule has 0 aromatic heterocycles. The van der Waals surface area contributed by atoms with E-state index in [1.807, 2.05) is 0 Å². The van der Waals surface area contributed by atoms with E-state index >= 15 is 0 Å². The molecule has 1 amide bonds. The number of carbonyl (C=O) groups excluding carboxylic acids is 1. The van der Waals surface area contributed by atoms with Gasteiger partial charge in [-0.3, -0.25) is 9.35 Å². The molecule has 1 unspecified atom stereocenters. The molecule has 0 aliphatic heterocycles. The van der Waals surface area contributed by atoms with Crippen molar-refractivity contribution in [2.24, 2.45) is 0 Å². The van der Waals surface area contributed by atoms with Gasteiger partial charge < -0.3 is 5.32 Å². The Morgan fingerprint density at radius 1 is 0.821 bits per heavy atom. The maximum absolute atomic E-state index is 11.7. The van der Waals surface area contributed by atoms with E-state index in [4.69, 9.17) is 4.55 Å². The van der Waals surface area contributed by atoms with Crippen LogP contribution in [0.4, 0.5) is 0 Å². The SMILES string of the molecule is CCCCCCCCCCCCCCCCCC(=O)NCC(C)OS(=O)(=O)O. The van der Waals surface area contributed by atoms with Gasteiger partial charge in [0, 0.05) is 13.0 Å². The lowest BCUT2D eigenvalue weighted by Crippen LogP contribution is -2.33. The molecule has 168 valence electrons. The molecule has 0 aromatic rings. The zero-order valence-electron chi connectivity index (χ0n) is 18.1. The van der Waals surface area contributed by atoms with Crippen LogP contribution in [-0.2, 0) is 19.4 Å². The van der Waals surface area contributed by atoms with Gasteiger partial charge in [0.1, 0.15) is 0 Å². The third-order valence-electron chi connectivity index (χ3n) is 4.88. The third kappa shape index (κ3) is 21.6. The van der Waals surface area contributed by atoms with Gasteiger partial charge in [0.2, 0.25) is 5.91 Å². The highest BCUT2D eigenvalue weighted by Crippen LogP contribution is 2.13. The van der Waals surface area contributed by atoms with Crippen LogP contribution in [0, 0.1) is 0 Å². The molecule has 0 aliphatic carbocycles. The minimum absolute atomic E-state index is 0.0668. The topological polar surface area (TPSA) is 92.7 Å². The minimum atomic E-state index is -4.47. The van der Waals surface area contributed by atoms with E-state index in [2.05, 4.69) is 16.4 Å².